The predicted octanol–water partition coefficient (Wildman–Crippen LogP) is 4.22. The van der Waals surface area contributed by atoms with Crippen LogP contribution in [0, 0.1) is 5.92 Å². The highest BCUT2D eigenvalue weighted by Gasteiger charge is 2.26. The average Bonchev–Trinajstić information content (AvgIpc) is 2.94. The summed E-state index contributed by atoms with van der Waals surface area (Å²) in [6.07, 6.45) is 4.59. The first kappa shape index (κ1) is 16.7. The maximum atomic E-state index is 5.85. The Balaban J connectivity index is 2.10. The number of hydrogen-bond acceptors (Lipinski definition) is 2. The molecular weight excluding hydrogens is 292 g/mol. The van der Waals surface area contributed by atoms with Crippen molar-refractivity contribution in [3.63, 3.8) is 0 Å². The van der Waals surface area contributed by atoms with Crippen molar-refractivity contribution in [3.05, 3.63) is 100 Å². The second kappa shape index (κ2) is 7.16. The molecule has 1 radical (unpaired) electrons. The quantitative estimate of drug-likeness (QED) is 0.867. The second-order valence-electron chi connectivity index (χ2n) is 6.49. The van der Waals surface area contributed by atoms with E-state index >= 15 is 0 Å². The van der Waals surface area contributed by atoms with Gasteiger partial charge in [0.15, 0.2) is 0 Å². The smallest absolute Gasteiger partial charge is 0.0317 e. The van der Waals surface area contributed by atoms with Gasteiger partial charge in [-0.1, -0.05) is 71.8 Å². The minimum absolute atomic E-state index is 0.204. The van der Waals surface area contributed by atoms with Crippen LogP contribution in [0.1, 0.15) is 42.0 Å². The third-order valence-electron chi connectivity index (χ3n) is 4.76. The molecule has 123 valence electrons. The summed E-state index contributed by atoms with van der Waals surface area (Å²) in [5, 5.41) is 0. The van der Waals surface area contributed by atoms with Crippen LogP contribution in [0.2, 0.25) is 0 Å². The van der Waals surface area contributed by atoms with Gasteiger partial charge in [-0.25, -0.2) is 0 Å². The van der Waals surface area contributed by atoms with Gasteiger partial charge in [0.2, 0.25) is 0 Å². The maximum absolute atomic E-state index is 5.85. The molecule has 0 spiro atoms. The summed E-state index contributed by atoms with van der Waals surface area (Å²) in [7, 11) is 0. The third-order valence-corrected chi connectivity index (χ3v) is 4.76. The van der Waals surface area contributed by atoms with Gasteiger partial charge >= 0.3 is 0 Å². The van der Waals surface area contributed by atoms with Crippen molar-refractivity contribution in [2.75, 3.05) is 0 Å². The van der Waals surface area contributed by atoms with Crippen molar-refractivity contribution >= 4 is 0 Å². The largest absolute Gasteiger partial charge is 0.326 e. The summed E-state index contributed by atoms with van der Waals surface area (Å²) in [5.41, 5.74) is 19.2. The molecule has 2 aromatic rings. The van der Waals surface area contributed by atoms with E-state index in [1.807, 2.05) is 0 Å². The Kier molecular flexibility index (Phi) is 4.98. The van der Waals surface area contributed by atoms with E-state index in [4.69, 9.17) is 11.5 Å². The molecule has 0 saturated carbocycles. The summed E-state index contributed by atoms with van der Waals surface area (Å²) in [4.78, 5) is 0. The van der Waals surface area contributed by atoms with Crippen LogP contribution < -0.4 is 11.5 Å². The zero-order chi connectivity index (χ0) is 17.1. The molecule has 0 heterocycles. The Labute approximate surface area is 144 Å². The fourth-order valence-electron chi connectivity index (χ4n) is 3.31. The Morgan fingerprint density at radius 1 is 0.750 bits per heavy atom. The number of benzene rings is 2. The molecule has 4 N–H and O–H groups in total. The first-order valence-electron chi connectivity index (χ1n) is 8.44. The highest BCUT2D eigenvalue weighted by molar-refractivity contribution is 5.55. The molecule has 1 aliphatic rings. The molecule has 0 aromatic heterocycles. The number of nitrogens with two attached hydrogens (primary N) is 2. The van der Waals surface area contributed by atoms with Crippen LogP contribution in [-0.4, -0.2) is 0 Å². The predicted molar refractivity (Wildman–Crippen MR) is 101 cm³/mol. The van der Waals surface area contributed by atoms with Crippen LogP contribution in [0.4, 0.5) is 0 Å². The van der Waals surface area contributed by atoms with Gasteiger partial charge in [-0.3, -0.25) is 0 Å². The minimum atomic E-state index is 0.204. The summed E-state index contributed by atoms with van der Waals surface area (Å²) in [6, 6.07) is 17.2. The fourth-order valence-corrected chi connectivity index (χ4v) is 3.31. The molecule has 0 atom stereocenters. The third kappa shape index (κ3) is 3.35. The molecule has 0 unspecified atom stereocenters. The molecule has 2 heteroatoms. The molecule has 0 aliphatic heterocycles. The molecule has 3 rings (SSSR count). The van der Waals surface area contributed by atoms with Crippen molar-refractivity contribution in [3.8, 4) is 0 Å². The Morgan fingerprint density at radius 2 is 1.21 bits per heavy atom. The number of allylic oxidation sites excluding steroid dienone is 4. The van der Waals surface area contributed by atoms with Crippen molar-refractivity contribution in [2.24, 2.45) is 11.5 Å². The highest BCUT2D eigenvalue weighted by Crippen LogP contribution is 2.40. The van der Waals surface area contributed by atoms with E-state index < -0.39 is 0 Å². The number of rotatable bonds is 5. The zero-order valence-electron chi connectivity index (χ0n) is 14.4. The molecule has 0 fully saturated rings. The lowest BCUT2D eigenvalue weighted by molar-refractivity contribution is 0.894. The summed E-state index contributed by atoms with van der Waals surface area (Å²) < 4.78 is 0. The van der Waals surface area contributed by atoms with E-state index in [1.54, 1.807) is 0 Å². The van der Waals surface area contributed by atoms with Crippen LogP contribution in [0.25, 0.3) is 0 Å². The molecular formula is C22H25N2. The van der Waals surface area contributed by atoms with Gasteiger partial charge in [0.05, 0.1) is 0 Å². The average molecular weight is 317 g/mol. The van der Waals surface area contributed by atoms with E-state index in [1.165, 1.54) is 28.2 Å². The molecule has 24 heavy (non-hydrogen) atoms. The van der Waals surface area contributed by atoms with Crippen molar-refractivity contribution in [2.45, 2.75) is 32.9 Å². The van der Waals surface area contributed by atoms with Gasteiger partial charge in [0.25, 0.3) is 0 Å². The van der Waals surface area contributed by atoms with E-state index in [-0.39, 0.29) is 5.92 Å². The Hall–Kier alpha value is -2.16. The van der Waals surface area contributed by atoms with Gasteiger partial charge in [-0.05, 0) is 36.1 Å². The van der Waals surface area contributed by atoms with Crippen molar-refractivity contribution in [1.29, 1.82) is 0 Å². The molecule has 2 nitrogen and oxygen atoms in total. The van der Waals surface area contributed by atoms with Gasteiger partial charge in [0.1, 0.15) is 0 Å². The summed E-state index contributed by atoms with van der Waals surface area (Å²) in [5.74, 6) is 1.53. The molecule has 0 saturated heterocycles. The SMILES string of the molecule is CC1=C[C](C(c2cccc(CN)c2)c2cccc(CN)c2)C=C1C. The zero-order valence-corrected chi connectivity index (χ0v) is 14.4. The first-order valence-corrected chi connectivity index (χ1v) is 8.44. The van der Waals surface area contributed by atoms with Gasteiger partial charge in [-0.15, -0.1) is 0 Å². The van der Waals surface area contributed by atoms with Crippen LogP contribution in [-0.2, 0) is 13.1 Å². The number of hydrogen-bond donors (Lipinski definition) is 2. The van der Waals surface area contributed by atoms with Crippen LogP contribution in [0.5, 0.6) is 0 Å². The van der Waals surface area contributed by atoms with Crippen molar-refractivity contribution in [1.82, 2.24) is 0 Å². The topological polar surface area (TPSA) is 52.0 Å². The van der Waals surface area contributed by atoms with Crippen LogP contribution in [0.3, 0.4) is 0 Å². The lowest BCUT2D eigenvalue weighted by Crippen LogP contribution is -2.10. The highest BCUT2D eigenvalue weighted by atomic mass is 14.5. The van der Waals surface area contributed by atoms with Gasteiger partial charge in [0, 0.05) is 24.9 Å². The standard InChI is InChI=1S/C22H25N2/c1-15-9-21(10-16(15)2)22(19-7-3-5-17(11-19)13-23)20-8-4-6-18(12-20)14-24/h3-12,22H,13-14,23-24H2,1-2H3. The van der Waals surface area contributed by atoms with E-state index in [9.17, 15) is 0 Å². The monoisotopic (exact) mass is 317 g/mol. The van der Waals surface area contributed by atoms with Gasteiger partial charge in [-0.2, -0.15) is 0 Å². The lowest BCUT2D eigenvalue weighted by Gasteiger charge is -2.23. The summed E-state index contributed by atoms with van der Waals surface area (Å²) in [6.45, 7) is 5.45. The summed E-state index contributed by atoms with van der Waals surface area (Å²) >= 11 is 0. The van der Waals surface area contributed by atoms with Crippen molar-refractivity contribution < 1.29 is 0 Å². The van der Waals surface area contributed by atoms with E-state index in [0.29, 0.717) is 13.1 Å². The molecule has 1 aliphatic carbocycles. The molecule has 0 bridgehead atoms. The fraction of sp³-hybridized carbons (Fsp3) is 0.227. The van der Waals surface area contributed by atoms with Gasteiger partial charge < -0.3 is 11.5 Å². The van der Waals surface area contributed by atoms with E-state index in [0.717, 1.165) is 11.1 Å². The Morgan fingerprint density at radius 3 is 1.62 bits per heavy atom. The first-order chi connectivity index (χ1) is 11.6. The minimum Gasteiger partial charge on any atom is -0.326 e. The van der Waals surface area contributed by atoms with Crippen LogP contribution >= 0.6 is 0 Å². The Bertz CT molecular complexity index is 721. The maximum Gasteiger partial charge on any atom is 0.0317 e. The normalized spacial score (nSPS) is 14.9. The van der Waals surface area contributed by atoms with E-state index in [2.05, 4.69) is 74.5 Å². The molecule has 2 aromatic carbocycles. The lowest BCUT2D eigenvalue weighted by atomic mass is 9.80. The molecule has 0 amide bonds. The van der Waals surface area contributed by atoms with Crippen LogP contribution in [0.15, 0.2) is 71.8 Å². The second-order valence-corrected chi connectivity index (χ2v) is 6.49.